The highest BCUT2D eigenvalue weighted by atomic mass is 35.6. The Morgan fingerprint density at radius 1 is 1.03 bits per heavy atom. The lowest BCUT2D eigenvalue weighted by Gasteiger charge is -2.29. The number of pyridine rings is 1. The number of halogens is 9. The number of rotatable bonds is 5. The van der Waals surface area contributed by atoms with Crippen molar-refractivity contribution in [3.8, 4) is 0 Å². The van der Waals surface area contributed by atoms with Gasteiger partial charge in [-0.2, -0.15) is 18.1 Å². The van der Waals surface area contributed by atoms with Crippen molar-refractivity contribution in [3.63, 3.8) is 0 Å². The molecule has 0 spiro atoms. The number of carbonyl (C=O) groups excluding carboxylic acids is 1. The van der Waals surface area contributed by atoms with E-state index in [4.69, 9.17) is 69.6 Å². The molecular weight excluding hydrogens is 656 g/mol. The average molecular weight is 672 g/mol. The van der Waals surface area contributed by atoms with Crippen LogP contribution in [0, 0.1) is 0 Å². The van der Waals surface area contributed by atoms with Crippen molar-refractivity contribution in [2.24, 2.45) is 0 Å². The molecule has 3 rings (SSSR count). The van der Waals surface area contributed by atoms with Crippen LogP contribution in [0.2, 0.25) is 0 Å². The van der Waals surface area contributed by atoms with E-state index in [1.54, 1.807) is 0 Å². The first-order valence-electron chi connectivity index (χ1n) is 10.7. The molecule has 39 heavy (non-hydrogen) atoms. The van der Waals surface area contributed by atoms with Gasteiger partial charge in [0, 0.05) is 43.5 Å². The normalized spacial score (nSPS) is 16.5. The quantitative estimate of drug-likeness (QED) is 0.317. The summed E-state index contributed by atoms with van der Waals surface area (Å²) < 4.78 is 35.8. The number of amides is 3. The second-order valence-corrected chi connectivity index (χ2v) is 13.5. The van der Waals surface area contributed by atoms with E-state index in [1.807, 2.05) is 0 Å². The summed E-state index contributed by atoms with van der Waals surface area (Å²) in [6.45, 7) is -0.205. The van der Waals surface area contributed by atoms with Crippen LogP contribution in [0.3, 0.4) is 0 Å². The SMILES string of the molecule is O=C1CC(c2cccc(C(F)(F)F)c2)CN1c1c(CC(Cl)(Cl)Cl)cnc(N(C(=O)O)C(=O)O)c1CC(Cl)(Cl)Cl. The molecule has 0 bridgehead atoms. The minimum absolute atomic E-state index is 0.0526. The number of hydrogen-bond acceptors (Lipinski definition) is 4. The van der Waals surface area contributed by atoms with Gasteiger partial charge in [0.25, 0.3) is 0 Å². The van der Waals surface area contributed by atoms with Crippen molar-refractivity contribution >= 4 is 99.2 Å². The zero-order valence-corrected chi connectivity index (χ0v) is 23.7. The van der Waals surface area contributed by atoms with E-state index in [2.05, 4.69) is 4.98 Å². The van der Waals surface area contributed by atoms with Crippen LogP contribution in [0.4, 0.5) is 34.3 Å². The Bertz CT molecular complexity index is 1290. The molecule has 2 heterocycles. The summed E-state index contributed by atoms with van der Waals surface area (Å²) in [5.41, 5.74) is -1.08. The highest BCUT2D eigenvalue weighted by Gasteiger charge is 2.40. The molecule has 1 unspecified atom stereocenters. The van der Waals surface area contributed by atoms with Crippen LogP contribution in [0.15, 0.2) is 30.5 Å². The maximum Gasteiger partial charge on any atom is 0.422 e. The summed E-state index contributed by atoms with van der Waals surface area (Å²) in [6, 6.07) is 4.43. The van der Waals surface area contributed by atoms with Crippen LogP contribution in [0.1, 0.15) is 34.6 Å². The molecule has 1 atom stereocenters. The van der Waals surface area contributed by atoms with E-state index in [1.165, 1.54) is 12.1 Å². The van der Waals surface area contributed by atoms with Crippen molar-refractivity contribution in [1.82, 2.24) is 4.98 Å². The van der Waals surface area contributed by atoms with Crippen molar-refractivity contribution in [2.45, 2.75) is 38.9 Å². The van der Waals surface area contributed by atoms with E-state index in [0.717, 1.165) is 23.2 Å². The number of nitrogens with zero attached hydrogens (tertiary/aromatic N) is 3. The second kappa shape index (κ2) is 11.5. The van der Waals surface area contributed by atoms with Gasteiger partial charge in [0.15, 0.2) is 13.4 Å². The minimum atomic E-state index is -4.62. The van der Waals surface area contributed by atoms with Gasteiger partial charge in [-0.1, -0.05) is 87.8 Å². The summed E-state index contributed by atoms with van der Waals surface area (Å²) in [5, 5.41) is 19.1. The Morgan fingerprint density at radius 2 is 1.62 bits per heavy atom. The minimum Gasteiger partial charge on any atom is -0.464 e. The summed E-state index contributed by atoms with van der Waals surface area (Å²) in [6.07, 6.45) is -8.79. The zero-order valence-electron chi connectivity index (χ0n) is 19.2. The number of benzene rings is 1. The average Bonchev–Trinajstić information content (AvgIpc) is 3.13. The molecule has 0 radical (unpaired) electrons. The number of hydrogen-bond donors (Lipinski definition) is 2. The smallest absolute Gasteiger partial charge is 0.422 e. The Morgan fingerprint density at radius 3 is 2.13 bits per heavy atom. The molecule has 1 aliphatic rings. The van der Waals surface area contributed by atoms with Crippen LogP contribution in [-0.2, 0) is 23.8 Å². The molecule has 1 aromatic heterocycles. The molecule has 1 aromatic carbocycles. The Kier molecular flexibility index (Phi) is 9.36. The molecule has 2 N–H and O–H groups in total. The Hall–Kier alpha value is -1.89. The summed E-state index contributed by atoms with van der Waals surface area (Å²) in [4.78, 5) is 41.7. The fraction of sp³-hybridized carbons (Fsp3) is 0.364. The van der Waals surface area contributed by atoms with Gasteiger partial charge in [0.2, 0.25) is 5.91 Å². The van der Waals surface area contributed by atoms with Crippen molar-refractivity contribution in [1.29, 1.82) is 0 Å². The lowest BCUT2D eigenvalue weighted by atomic mass is 9.96. The van der Waals surface area contributed by atoms with Crippen molar-refractivity contribution < 1.29 is 37.8 Å². The van der Waals surface area contributed by atoms with Gasteiger partial charge < -0.3 is 15.1 Å². The van der Waals surface area contributed by atoms with Gasteiger partial charge in [0.05, 0.1) is 11.3 Å². The summed E-state index contributed by atoms with van der Waals surface area (Å²) >= 11 is 35.9. The zero-order chi connectivity index (χ0) is 29.5. The molecular formula is C22H16Cl6F3N3O5. The van der Waals surface area contributed by atoms with E-state index in [-0.39, 0.29) is 40.2 Å². The Labute approximate surface area is 249 Å². The third-order valence-electron chi connectivity index (χ3n) is 5.65. The number of carboxylic acid groups (broad SMARTS) is 2. The van der Waals surface area contributed by atoms with Gasteiger partial charge in [-0.15, -0.1) is 0 Å². The van der Waals surface area contributed by atoms with Crippen LogP contribution >= 0.6 is 69.6 Å². The predicted molar refractivity (Wildman–Crippen MR) is 142 cm³/mol. The standard InChI is InChI=1S/C22H16Cl6F3N3O5/c23-20(24,25)6-12-8-32-17(34(18(36)37)19(38)39)14(7-21(26,27)28)16(12)33-9-11(5-15(33)35)10-2-1-3-13(4-10)22(29,30)31/h1-4,8,11H,5-7,9H2,(H,36,37)(H,38,39). The molecule has 8 nitrogen and oxygen atoms in total. The monoisotopic (exact) mass is 669 g/mol. The maximum atomic E-state index is 13.3. The first-order valence-corrected chi connectivity index (χ1v) is 12.9. The van der Waals surface area contributed by atoms with Gasteiger partial charge in [-0.25, -0.2) is 14.6 Å². The largest absolute Gasteiger partial charge is 0.464 e. The number of anilines is 2. The third kappa shape index (κ3) is 7.86. The van der Waals surface area contributed by atoms with E-state index in [0.29, 0.717) is 0 Å². The topological polar surface area (TPSA) is 111 Å². The van der Waals surface area contributed by atoms with Gasteiger partial charge in [-0.05, 0) is 17.2 Å². The molecule has 0 aliphatic carbocycles. The number of imide groups is 1. The molecule has 1 fully saturated rings. The van der Waals surface area contributed by atoms with Crippen molar-refractivity contribution in [2.75, 3.05) is 16.3 Å². The third-order valence-corrected chi connectivity index (χ3v) is 6.45. The predicted octanol–water partition coefficient (Wildman–Crippen LogP) is 7.61. The first kappa shape index (κ1) is 31.6. The first-order chi connectivity index (χ1) is 17.8. The molecule has 212 valence electrons. The summed E-state index contributed by atoms with van der Waals surface area (Å²) in [5.74, 6) is -2.05. The number of carbonyl (C=O) groups is 3. The molecule has 2 aromatic rings. The summed E-state index contributed by atoms with van der Waals surface area (Å²) in [7, 11) is 0. The van der Waals surface area contributed by atoms with Gasteiger partial charge in [0.1, 0.15) is 0 Å². The van der Waals surface area contributed by atoms with E-state index in [9.17, 15) is 37.8 Å². The van der Waals surface area contributed by atoms with Crippen LogP contribution < -0.4 is 9.80 Å². The lowest BCUT2D eigenvalue weighted by Crippen LogP contribution is -2.37. The van der Waals surface area contributed by atoms with Crippen LogP contribution in [0.5, 0.6) is 0 Å². The van der Waals surface area contributed by atoms with Crippen LogP contribution in [0.25, 0.3) is 0 Å². The maximum absolute atomic E-state index is 13.3. The van der Waals surface area contributed by atoms with Gasteiger partial charge >= 0.3 is 18.4 Å². The molecule has 3 amide bonds. The lowest BCUT2D eigenvalue weighted by molar-refractivity contribution is -0.137. The van der Waals surface area contributed by atoms with Crippen molar-refractivity contribution in [3.05, 3.63) is 52.7 Å². The van der Waals surface area contributed by atoms with E-state index < -0.39 is 62.0 Å². The molecule has 1 saturated heterocycles. The number of alkyl halides is 9. The van der Waals surface area contributed by atoms with Crippen LogP contribution in [-0.4, -0.2) is 47.4 Å². The fourth-order valence-corrected chi connectivity index (χ4v) is 5.03. The second-order valence-electron chi connectivity index (χ2n) is 8.45. The Balaban J connectivity index is 2.24. The van der Waals surface area contributed by atoms with Gasteiger partial charge in [-0.3, -0.25) is 4.79 Å². The molecule has 1 aliphatic heterocycles. The highest BCUT2D eigenvalue weighted by Crippen LogP contribution is 2.45. The molecule has 0 saturated carbocycles. The molecule has 17 heteroatoms. The number of aromatic nitrogens is 1. The highest BCUT2D eigenvalue weighted by molar-refractivity contribution is 6.68. The fourth-order valence-electron chi connectivity index (χ4n) is 4.19. The van der Waals surface area contributed by atoms with E-state index >= 15 is 0 Å².